The molecule has 0 aliphatic heterocycles. The summed E-state index contributed by atoms with van der Waals surface area (Å²) in [5, 5.41) is 8.63. The maximum absolute atomic E-state index is 10.5. The average molecular weight is 274 g/mol. The summed E-state index contributed by atoms with van der Waals surface area (Å²) in [7, 11) is 0. The Balaban J connectivity index is 2.14. The van der Waals surface area contributed by atoms with Crippen LogP contribution in [0.2, 0.25) is 0 Å². The van der Waals surface area contributed by atoms with Gasteiger partial charge in [0.2, 0.25) is 0 Å². The summed E-state index contributed by atoms with van der Waals surface area (Å²) in [4.78, 5) is 10.5. The Kier molecular flexibility index (Phi) is 4.85. The number of carboxylic acids is 1. The van der Waals surface area contributed by atoms with Crippen LogP contribution in [0.1, 0.15) is 33.6 Å². The van der Waals surface area contributed by atoms with Crippen molar-refractivity contribution in [2.24, 2.45) is 35.5 Å². The molecule has 0 aromatic rings. The molecule has 0 radical (unpaired) electrons. The van der Waals surface area contributed by atoms with Crippen LogP contribution in [-0.2, 0) is 4.79 Å². The number of carbonyl (C=O) groups is 1. The van der Waals surface area contributed by atoms with Crippen LogP contribution in [-0.4, -0.2) is 11.1 Å². The average Bonchev–Trinajstić information content (AvgIpc) is 2.36. The third kappa shape index (κ3) is 3.41. The van der Waals surface area contributed by atoms with Gasteiger partial charge in [0.1, 0.15) is 0 Å². The van der Waals surface area contributed by atoms with Crippen LogP contribution in [0.4, 0.5) is 0 Å². The molecule has 0 saturated heterocycles. The number of aliphatic carboxylic acids is 1. The second kappa shape index (κ2) is 6.43. The summed E-state index contributed by atoms with van der Waals surface area (Å²) < 4.78 is 0. The molecule has 1 N–H and O–H groups in total. The first-order valence-corrected chi connectivity index (χ1v) is 7.75. The number of rotatable bonds is 3. The van der Waals surface area contributed by atoms with Crippen LogP contribution in [0.5, 0.6) is 0 Å². The molecular formula is C18H26O2. The Hall–Kier alpha value is -1.31. The molecule has 20 heavy (non-hydrogen) atoms. The maximum atomic E-state index is 10.5. The van der Waals surface area contributed by atoms with Crippen LogP contribution < -0.4 is 0 Å². The molecule has 6 atom stereocenters. The van der Waals surface area contributed by atoms with Crippen molar-refractivity contribution >= 4 is 5.97 Å². The lowest BCUT2D eigenvalue weighted by molar-refractivity contribution is -0.131. The largest absolute Gasteiger partial charge is 0.478 e. The maximum Gasteiger partial charge on any atom is 0.328 e. The molecule has 2 rings (SSSR count). The number of allylic oxidation sites excluding steroid dienone is 5. The third-order valence-electron chi connectivity index (χ3n) is 5.00. The molecule has 1 unspecified atom stereocenters. The van der Waals surface area contributed by atoms with E-state index >= 15 is 0 Å². The van der Waals surface area contributed by atoms with Crippen molar-refractivity contribution < 1.29 is 9.90 Å². The normalized spacial score (nSPS) is 41.1. The van der Waals surface area contributed by atoms with Crippen LogP contribution in [0.25, 0.3) is 0 Å². The number of hydrogen-bond acceptors (Lipinski definition) is 1. The molecule has 2 aliphatic carbocycles. The number of fused-ring (bicyclic) bond motifs is 1. The fourth-order valence-corrected chi connectivity index (χ4v) is 4.23. The highest BCUT2D eigenvalue weighted by molar-refractivity contribution is 5.80. The minimum atomic E-state index is -0.885. The van der Waals surface area contributed by atoms with Crippen LogP contribution in [0.3, 0.4) is 0 Å². The van der Waals surface area contributed by atoms with E-state index in [9.17, 15) is 4.79 Å². The molecule has 0 aromatic carbocycles. The molecule has 1 fully saturated rings. The minimum Gasteiger partial charge on any atom is -0.478 e. The van der Waals surface area contributed by atoms with Gasteiger partial charge in [-0.25, -0.2) is 4.79 Å². The zero-order valence-corrected chi connectivity index (χ0v) is 12.7. The summed E-state index contributed by atoms with van der Waals surface area (Å²) in [6.07, 6.45) is 14.4. The van der Waals surface area contributed by atoms with Crippen molar-refractivity contribution in [2.75, 3.05) is 0 Å². The van der Waals surface area contributed by atoms with Gasteiger partial charge >= 0.3 is 5.97 Å². The van der Waals surface area contributed by atoms with Crippen LogP contribution in [0, 0.1) is 35.5 Å². The predicted octanol–water partition coefficient (Wildman–Crippen LogP) is 4.30. The molecule has 2 nitrogen and oxygen atoms in total. The van der Waals surface area contributed by atoms with Crippen molar-refractivity contribution in [2.45, 2.75) is 33.6 Å². The minimum absolute atomic E-state index is 0.533. The van der Waals surface area contributed by atoms with E-state index in [4.69, 9.17) is 5.11 Å². The Morgan fingerprint density at radius 2 is 1.90 bits per heavy atom. The van der Waals surface area contributed by atoms with Gasteiger partial charge in [-0.2, -0.15) is 0 Å². The first-order chi connectivity index (χ1) is 9.49. The fourth-order valence-electron chi connectivity index (χ4n) is 4.23. The van der Waals surface area contributed by atoms with E-state index in [1.807, 2.05) is 6.08 Å². The van der Waals surface area contributed by atoms with E-state index in [1.54, 1.807) is 6.08 Å². The third-order valence-corrected chi connectivity index (χ3v) is 5.00. The summed E-state index contributed by atoms with van der Waals surface area (Å²) >= 11 is 0. The number of hydrogen-bond donors (Lipinski definition) is 1. The van der Waals surface area contributed by atoms with Gasteiger partial charge in [0, 0.05) is 6.08 Å². The highest BCUT2D eigenvalue weighted by Crippen LogP contribution is 2.48. The zero-order valence-electron chi connectivity index (χ0n) is 12.7. The van der Waals surface area contributed by atoms with Crippen molar-refractivity contribution in [1.82, 2.24) is 0 Å². The van der Waals surface area contributed by atoms with Gasteiger partial charge in [0.05, 0.1) is 0 Å². The van der Waals surface area contributed by atoms with Crippen molar-refractivity contribution in [3.8, 4) is 0 Å². The highest BCUT2D eigenvalue weighted by atomic mass is 16.4. The molecular weight excluding hydrogens is 248 g/mol. The number of carboxylic acid groups (broad SMARTS) is 1. The Morgan fingerprint density at radius 3 is 2.60 bits per heavy atom. The van der Waals surface area contributed by atoms with Crippen LogP contribution >= 0.6 is 0 Å². The second-order valence-electron chi connectivity index (χ2n) is 6.70. The van der Waals surface area contributed by atoms with E-state index in [2.05, 4.69) is 39.0 Å². The molecule has 0 heterocycles. The van der Waals surface area contributed by atoms with Gasteiger partial charge in [-0.05, 0) is 48.3 Å². The van der Waals surface area contributed by atoms with Gasteiger partial charge in [0.15, 0.2) is 0 Å². The summed E-state index contributed by atoms with van der Waals surface area (Å²) in [5.74, 6) is 3.16. The monoisotopic (exact) mass is 274 g/mol. The summed E-state index contributed by atoms with van der Waals surface area (Å²) in [5.41, 5.74) is 0. The van der Waals surface area contributed by atoms with Crippen molar-refractivity contribution in [3.05, 3.63) is 36.5 Å². The lowest BCUT2D eigenvalue weighted by Crippen LogP contribution is -2.38. The SMILES string of the molecule is C[C@H]1C[C@@H](C)C2[C@@H](/C=C/C=C/C(=O)O)[C@@H](C)C=C[C@H]2C1. The van der Waals surface area contributed by atoms with Gasteiger partial charge in [-0.15, -0.1) is 0 Å². The summed E-state index contributed by atoms with van der Waals surface area (Å²) in [6.45, 7) is 7.01. The molecule has 2 aliphatic rings. The highest BCUT2D eigenvalue weighted by Gasteiger charge is 2.40. The second-order valence-corrected chi connectivity index (χ2v) is 6.70. The van der Waals surface area contributed by atoms with E-state index in [0.29, 0.717) is 23.7 Å². The van der Waals surface area contributed by atoms with Crippen LogP contribution in [0.15, 0.2) is 36.5 Å². The fraction of sp³-hybridized carbons (Fsp3) is 0.611. The Morgan fingerprint density at radius 1 is 1.15 bits per heavy atom. The molecule has 0 amide bonds. The first kappa shape index (κ1) is 15.1. The molecule has 0 spiro atoms. The van der Waals surface area contributed by atoms with Gasteiger partial charge in [0.25, 0.3) is 0 Å². The molecule has 1 saturated carbocycles. The standard InChI is InChI=1S/C18H26O2/c1-12-10-14(3)18-15(11-12)9-8-13(2)16(18)6-4-5-7-17(19)20/h4-9,12-16,18H,10-11H2,1-3H3,(H,19,20)/b6-4+,7-5+/t12-,13-,14+,15-,16-,18?/m0/s1. The van der Waals surface area contributed by atoms with Crippen molar-refractivity contribution in [3.63, 3.8) is 0 Å². The molecule has 0 bridgehead atoms. The van der Waals surface area contributed by atoms with E-state index in [-0.39, 0.29) is 0 Å². The zero-order chi connectivity index (χ0) is 14.7. The lowest BCUT2D eigenvalue weighted by Gasteiger charge is -2.46. The topological polar surface area (TPSA) is 37.3 Å². The smallest absolute Gasteiger partial charge is 0.328 e. The molecule has 110 valence electrons. The molecule has 0 aromatic heterocycles. The predicted molar refractivity (Wildman–Crippen MR) is 82.3 cm³/mol. The van der Waals surface area contributed by atoms with Gasteiger partial charge < -0.3 is 5.11 Å². The van der Waals surface area contributed by atoms with E-state index in [1.165, 1.54) is 18.9 Å². The van der Waals surface area contributed by atoms with Gasteiger partial charge in [-0.3, -0.25) is 0 Å². The molecule has 2 heteroatoms. The van der Waals surface area contributed by atoms with E-state index < -0.39 is 5.97 Å². The quantitative estimate of drug-likeness (QED) is 0.473. The van der Waals surface area contributed by atoms with Crippen molar-refractivity contribution in [1.29, 1.82) is 0 Å². The van der Waals surface area contributed by atoms with E-state index in [0.717, 1.165) is 11.8 Å². The first-order valence-electron chi connectivity index (χ1n) is 7.75. The lowest BCUT2D eigenvalue weighted by atomic mass is 9.59. The Bertz CT molecular complexity index is 433. The van der Waals surface area contributed by atoms with Gasteiger partial charge in [-0.1, -0.05) is 51.2 Å². The summed E-state index contributed by atoms with van der Waals surface area (Å²) in [6, 6.07) is 0. The Labute approximate surface area is 122 Å².